The highest BCUT2D eigenvalue weighted by Crippen LogP contribution is 2.32. The molecule has 2 aromatic rings. The Morgan fingerprint density at radius 3 is 2.58 bits per heavy atom. The lowest BCUT2D eigenvalue weighted by molar-refractivity contribution is 0.0696. The Morgan fingerprint density at radius 2 is 1.95 bits per heavy atom. The average molecular weight is 323 g/mol. The average Bonchev–Trinajstić information content (AvgIpc) is 2.41. The normalized spacial score (nSPS) is 10.0. The summed E-state index contributed by atoms with van der Waals surface area (Å²) in [6.07, 6.45) is 0. The van der Waals surface area contributed by atoms with Crippen molar-refractivity contribution in [1.29, 1.82) is 0 Å². The summed E-state index contributed by atoms with van der Waals surface area (Å²) >= 11 is 3.37. The van der Waals surface area contributed by atoms with Gasteiger partial charge in [0.05, 0.1) is 17.1 Å². The first-order valence-corrected chi connectivity index (χ1v) is 6.24. The van der Waals surface area contributed by atoms with Gasteiger partial charge in [0.2, 0.25) is 0 Å². The zero-order chi connectivity index (χ0) is 13.8. The lowest BCUT2D eigenvalue weighted by Crippen LogP contribution is -1.96. The van der Waals surface area contributed by atoms with E-state index < -0.39 is 5.97 Å². The van der Waals surface area contributed by atoms with Crippen LogP contribution in [-0.4, -0.2) is 18.2 Å². The molecule has 0 saturated heterocycles. The fraction of sp³-hybridized carbons (Fsp3) is 0.0714. The molecular formula is C14H11BrO4. The minimum atomic E-state index is -0.987. The largest absolute Gasteiger partial charge is 0.497 e. The second-order valence-electron chi connectivity index (χ2n) is 3.73. The number of carboxylic acids is 1. The summed E-state index contributed by atoms with van der Waals surface area (Å²) in [4.78, 5) is 10.9. The van der Waals surface area contributed by atoms with Crippen LogP contribution in [0.2, 0.25) is 0 Å². The molecule has 1 N–H and O–H groups in total. The van der Waals surface area contributed by atoms with Crippen LogP contribution in [-0.2, 0) is 0 Å². The van der Waals surface area contributed by atoms with Gasteiger partial charge in [0.15, 0.2) is 0 Å². The first-order chi connectivity index (χ1) is 9.10. The Kier molecular flexibility index (Phi) is 4.06. The second kappa shape index (κ2) is 5.75. The Bertz CT molecular complexity index is 610. The van der Waals surface area contributed by atoms with Gasteiger partial charge in [-0.05, 0) is 52.3 Å². The summed E-state index contributed by atoms with van der Waals surface area (Å²) in [7, 11) is 1.58. The van der Waals surface area contributed by atoms with E-state index in [-0.39, 0.29) is 5.56 Å². The molecule has 0 radical (unpaired) electrons. The van der Waals surface area contributed by atoms with Gasteiger partial charge in [-0.3, -0.25) is 0 Å². The number of rotatable bonds is 4. The van der Waals surface area contributed by atoms with Crippen LogP contribution in [0.4, 0.5) is 0 Å². The third-order valence-electron chi connectivity index (χ3n) is 2.45. The molecule has 0 aliphatic rings. The first kappa shape index (κ1) is 13.4. The summed E-state index contributed by atoms with van der Waals surface area (Å²) in [5, 5.41) is 8.92. The Hall–Kier alpha value is -2.01. The van der Waals surface area contributed by atoms with Gasteiger partial charge < -0.3 is 14.6 Å². The molecule has 98 valence electrons. The van der Waals surface area contributed by atoms with E-state index in [1.54, 1.807) is 37.4 Å². The minimum Gasteiger partial charge on any atom is -0.497 e. The third-order valence-corrected chi connectivity index (χ3v) is 3.07. The van der Waals surface area contributed by atoms with Gasteiger partial charge in [-0.2, -0.15) is 0 Å². The summed E-state index contributed by atoms with van der Waals surface area (Å²) in [5.41, 5.74) is 0.183. The van der Waals surface area contributed by atoms with E-state index in [2.05, 4.69) is 15.9 Å². The molecule has 5 heteroatoms. The van der Waals surface area contributed by atoms with E-state index in [9.17, 15) is 4.79 Å². The molecular weight excluding hydrogens is 312 g/mol. The number of aromatic carboxylic acids is 1. The molecule has 0 atom stereocenters. The number of methoxy groups -OCH3 is 1. The van der Waals surface area contributed by atoms with Crippen molar-refractivity contribution in [3.05, 3.63) is 52.5 Å². The molecule has 0 aliphatic heterocycles. The van der Waals surface area contributed by atoms with E-state index >= 15 is 0 Å². The number of carboxylic acid groups (broad SMARTS) is 1. The van der Waals surface area contributed by atoms with Crippen LogP contribution in [0, 0.1) is 0 Å². The van der Waals surface area contributed by atoms with Crippen LogP contribution >= 0.6 is 15.9 Å². The standard InChI is InChI=1S/C14H11BrO4/c1-18-10-5-6-13(12(15)8-10)19-11-4-2-3-9(7-11)14(16)17/h2-8H,1H3,(H,16,17). The molecule has 4 nitrogen and oxygen atoms in total. The van der Waals surface area contributed by atoms with Crippen LogP contribution in [0.3, 0.4) is 0 Å². The maximum atomic E-state index is 10.9. The van der Waals surface area contributed by atoms with E-state index in [0.717, 1.165) is 4.47 Å². The van der Waals surface area contributed by atoms with Gasteiger partial charge in [0.25, 0.3) is 0 Å². The molecule has 0 amide bonds. The summed E-state index contributed by atoms with van der Waals surface area (Å²) in [5.74, 6) is 0.770. The molecule has 0 heterocycles. The number of halogens is 1. The molecule has 0 unspecified atom stereocenters. The number of ether oxygens (including phenoxy) is 2. The summed E-state index contributed by atoms with van der Waals surface area (Å²) in [6.45, 7) is 0. The molecule has 19 heavy (non-hydrogen) atoms. The highest BCUT2D eigenvalue weighted by molar-refractivity contribution is 9.10. The van der Waals surface area contributed by atoms with Crippen LogP contribution in [0.1, 0.15) is 10.4 Å². The zero-order valence-electron chi connectivity index (χ0n) is 10.1. The zero-order valence-corrected chi connectivity index (χ0v) is 11.7. The van der Waals surface area contributed by atoms with Gasteiger partial charge in [0, 0.05) is 0 Å². The molecule has 0 fully saturated rings. The fourth-order valence-corrected chi connectivity index (χ4v) is 1.95. The van der Waals surface area contributed by atoms with Gasteiger partial charge in [-0.1, -0.05) is 6.07 Å². The summed E-state index contributed by atoms with van der Waals surface area (Å²) < 4.78 is 11.5. The Balaban J connectivity index is 2.26. The smallest absolute Gasteiger partial charge is 0.335 e. The lowest BCUT2D eigenvalue weighted by Gasteiger charge is -2.09. The van der Waals surface area contributed by atoms with Gasteiger partial charge in [-0.25, -0.2) is 4.79 Å². The SMILES string of the molecule is COc1ccc(Oc2cccc(C(=O)O)c2)c(Br)c1. The highest BCUT2D eigenvalue weighted by atomic mass is 79.9. The Labute approximate surface area is 118 Å². The first-order valence-electron chi connectivity index (χ1n) is 5.45. The van der Waals surface area contributed by atoms with Crippen molar-refractivity contribution < 1.29 is 19.4 Å². The predicted molar refractivity (Wildman–Crippen MR) is 74.2 cm³/mol. The fourth-order valence-electron chi connectivity index (χ4n) is 1.51. The maximum absolute atomic E-state index is 10.9. The molecule has 0 spiro atoms. The van der Waals surface area contributed by atoms with E-state index in [1.165, 1.54) is 12.1 Å². The minimum absolute atomic E-state index is 0.183. The van der Waals surface area contributed by atoms with Gasteiger partial charge >= 0.3 is 5.97 Å². The van der Waals surface area contributed by atoms with Gasteiger partial charge in [0.1, 0.15) is 17.2 Å². The van der Waals surface area contributed by atoms with Crippen molar-refractivity contribution in [3.63, 3.8) is 0 Å². The maximum Gasteiger partial charge on any atom is 0.335 e. The molecule has 0 aliphatic carbocycles. The lowest BCUT2D eigenvalue weighted by atomic mass is 10.2. The van der Waals surface area contributed by atoms with E-state index in [4.69, 9.17) is 14.6 Å². The van der Waals surface area contributed by atoms with Crippen molar-refractivity contribution in [2.75, 3.05) is 7.11 Å². The number of hydrogen-bond acceptors (Lipinski definition) is 3. The van der Waals surface area contributed by atoms with Crippen LogP contribution in [0.25, 0.3) is 0 Å². The molecule has 0 aromatic heterocycles. The monoisotopic (exact) mass is 322 g/mol. The van der Waals surface area contributed by atoms with Crippen molar-refractivity contribution in [3.8, 4) is 17.2 Å². The van der Waals surface area contributed by atoms with Crippen LogP contribution < -0.4 is 9.47 Å². The second-order valence-corrected chi connectivity index (χ2v) is 4.59. The molecule has 2 aromatic carbocycles. The number of carbonyl (C=O) groups is 1. The summed E-state index contributed by atoms with van der Waals surface area (Å²) in [6, 6.07) is 11.6. The predicted octanol–water partition coefficient (Wildman–Crippen LogP) is 3.95. The van der Waals surface area contributed by atoms with E-state index in [0.29, 0.717) is 17.2 Å². The topological polar surface area (TPSA) is 55.8 Å². The molecule has 0 bridgehead atoms. The van der Waals surface area contributed by atoms with Crippen LogP contribution in [0.15, 0.2) is 46.9 Å². The molecule has 2 rings (SSSR count). The molecule has 0 saturated carbocycles. The quantitative estimate of drug-likeness (QED) is 0.926. The highest BCUT2D eigenvalue weighted by Gasteiger charge is 2.07. The van der Waals surface area contributed by atoms with Crippen molar-refractivity contribution in [2.45, 2.75) is 0 Å². The Morgan fingerprint density at radius 1 is 1.16 bits per heavy atom. The van der Waals surface area contributed by atoms with Crippen molar-refractivity contribution in [1.82, 2.24) is 0 Å². The van der Waals surface area contributed by atoms with E-state index in [1.807, 2.05) is 0 Å². The van der Waals surface area contributed by atoms with Crippen molar-refractivity contribution in [2.24, 2.45) is 0 Å². The van der Waals surface area contributed by atoms with Gasteiger partial charge in [-0.15, -0.1) is 0 Å². The van der Waals surface area contributed by atoms with Crippen LogP contribution in [0.5, 0.6) is 17.2 Å². The number of benzene rings is 2. The third kappa shape index (κ3) is 3.26. The number of hydrogen-bond donors (Lipinski definition) is 1. The van der Waals surface area contributed by atoms with Crippen molar-refractivity contribution >= 4 is 21.9 Å².